The number of carboxylic acid groups (broad SMARTS) is 1. The number of anilines is 1. The van der Waals surface area contributed by atoms with Gasteiger partial charge in [0.1, 0.15) is 5.75 Å². The molecule has 1 aromatic rings. The molecule has 0 fully saturated rings. The number of nitrogens with zero attached hydrogens (tertiary/aromatic N) is 1. The second-order valence-corrected chi connectivity index (χ2v) is 6.90. The molecule has 0 amide bonds. The zero-order chi connectivity index (χ0) is 16.2. The van der Waals surface area contributed by atoms with Crippen LogP contribution in [-0.4, -0.2) is 50.8 Å². The van der Waals surface area contributed by atoms with E-state index in [9.17, 15) is 13.2 Å². The van der Waals surface area contributed by atoms with Crippen molar-refractivity contribution in [2.24, 2.45) is 0 Å². The first-order chi connectivity index (χ1) is 9.67. The molecule has 21 heavy (non-hydrogen) atoms. The van der Waals surface area contributed by atoms with Crippen LogP contribution >= 0.6 is 0 Å². The normalized spacial score (nSPS) is 13.0. The van der Waals surface area contributed by atoms with E-state index in [2.05, 4.69) is 4.72 Å². The lowest BCUT2D eigenvalue weighted by Gasteiger charge is -2.16. The second kappa shape index (κ2) is 6.77. The summed E-state index contributed by atoms with van der Waals surface area (Å²) in [5.74, 6) is -1.08. The van der Waals surface area contributed by atoms with Gasteiger partial charge < -0.3 is 14.7 Å². The highest BCUT2D eigenvalue weighted by Gasteiger charge is 2.28. The third-order valence-corrected chi connectivity index (χ3v) is 4.47. The monoisotopic (exact) mass is 316 g/mol. The number of hydrogen-bond acceptors (Lipinski definition) is 5. The SMILES string of the molecule is COc1ccc(CN(C)C)cc1NS(=O)(=O)C(C)C(=O)O. The van der Waals surface area contributed by atoms with E-state index in [0.29, 0.717) is 12.3 Å². The van der Waals surface area contributed by atoms with Crippen molar-refractivity contribution >= 4 is 21.7 Å². The van der Waals surface area contributed by atoms with E-state index < -0.39 is 21.2 Å². The van der Waals surface area contributed by atoms with E-state index in [0.717, 1.165) is 12.5 Å². The van der Waals surface area contributed by atoms with E-state index in [-0.39, 0.29) is 5.69 Å². The molecule has 0 saturated carbocycles. The van der Waals surface area contributed by atoms with Crippen LogP contribution in [0.15, 0.2) is 18.2 Å². The van der Waals surface area contributed by atoms with E-state index in [1.807, 2.05) is 25.1 Å². The molecule has 2 N–H and O–H groups in total. The van der Waals surface area contributed by atoms with E-state index in [1.54, 1.807) is 12.1 Å². The van der Waals surface area contributed by atoms with E-state index in [1.165, 1.54) is 7.11 Å². The zero-order valence-corrected chi connectivity index (χ0v) is 13.3. The number of nitrogens with one attached hydrogen (secondary N) is 1. The molecule has 0 aliphatic carbocycles. The summed E-state index contributed by atoms with van der Waals surface area (Å²) in [5.41, 5.74) is 1.10. The Labute approximate surface area is 124 Å². The molecular formula is C13H20N2O5S. The largest absolute Gasteiger partial charge is 0.495 e. The van der Waals surface area contributed by atoms with Crippen LogP contribution in [-0.2, 0) is 21.4 Å². The van der Waals surface area contributed by atoms with Gasteiger partial charge in [-0.15, -0.1) is 0 Å². The smallest absolute Gasteiger partial charge is 0.323 e. The second-order valence-electron chi connectivity index (χ2n) is 4.90. The van der Waals surface area contributed by atoms with Crippen molar-refractivity contribution in [3.63, 3.8) is 0 Å². The summed E-state index contributed by atoms with van der Waals surface area (Å²) in [7, 11) is 1.16. The van der Waals surface area contributed by atoms with Gasteiger partial charge >= 0.3 is 5.97 Å². The minimum Gasteiger partial charge on any atom is -0.495 e. The average Bonchev–Trinajstić information content (AvgIpc) is 2.36. The molecule has 0 heterocycles. The minimum atomic E-state index is -4.03. The molecule has 8 heteroatoms. The summed E-state index contributed by atoms with van der Waals surface area (Å²) in [6.45, 7) is 1.73. The number of sulfonamides is 1. The van der Waals surface area contributed by atoms with Crippen LogP contribution in [0.4, 0.5) is 5.69 Å². The molecule has 0 saturated heterocycles. The van der Waals surface area contributed by atoms with Crippen molar-refractivity contribution in [1.29, 1.82) is 0 Å². The van der Waals surface area contributed by atoms with Gasteiger partial charge in [-0.05, 0) is 38.7 Å². The lowest BCUT2D eigenvalue weighted by molar-refractivity contribution is -0.136. The van der Waals surface area contributed by atoms with Gasteiger partial charge in [0.05, 0.1) is 12.8 Å². The Kier molecular flexibility index (Phi) is 5.56. The first-order valence-electron chi connectivity index (χ1n) is 6.23. The van der Waals surface area contributed by atoms with Gasteiger partial charge in [-0.1, -0.05) is 6.07 Å². The molecule has 7 nitrogen and oxygen atoms in total. The van der Waals surface area contributed by atoms with Crippen molar-refractivity contribution in [3.8, 4) is 5.75 Å². The number of benzene rings is 1. The van der Waals surface area contributed by atoms with Gasteiger partial charge in [-0.2, -0.15) is 0 Å². The fourth-order valence-corrected chi connectivity index (χ4v) is 2.58. The van der Waals surface area contributed by atoms with Crippen LogP contribution in [0.3, 0.4) is 0 Å². The molecular weight excluding hydrogens is 296 g/mol. The molecule has 1 atom stereocenters. The lowest BCUT2D eigenvalue weighted by Crippen LogP contribution is -2.32. The van der Waals surface area contributed by atoms with E-state index >= 15 is 0 Å². The topological polar surface area (TPSA) is 95.9 Å². The third kappa shape index (κ3) is 4.61. The van der Waals surface area contributed by atoms with Crippen molar-refractivity contribution in [2.45, 2.75) is 18.7 Å². The van der Waals surface area contributed by atoms with E-state index in [4.69, 9.17) is 9.84 Å². The van der Waals surface area contributed by atoms with Crippen molar-refractivity contribution in [1.82, 2.24) is 4.90 Å². The van der Waals surface area contributed by atoms with Crippen molar-refractivity contribution in [3.05, 3.63) is 23.8 Å². The number of ether oxygens (including phenoxy) is 1. The van der Waals surface area contributed by atoms with Gasteiger partial charge in [0.25, 0.3) is 0 Å². The fraction of sp³-hybridized carbons (Fsp3) is 0.462. The number of carbonyl (C=O) groups is 1. The summed E-state index contributed by atoms with van der Waals surface area (Å²) in [6, 6.07) is 5.09. The van der Waals surface area contributed by atoms with Crippen molar-refractivity contribution in [2.75, 3.05) is 25.9 Å². The summed E-state index contributed by atoms with van der Waals surface area (Å²) >= 11 is 0. The van der Waals surface area contributed by atoms with Gasteiger partial charge in [0.15, 0.2) is 5.25 Å². The molecule has 1 unspecified atom stereocenters. The van der Waals surface area contributed by atoms with Crippen LogP contribution in [0.5, 0.6) is 5.75 Å². The number of rotatable bonds is 7. The maximum Gasteiger partial charge on any atom is 0.323 e. The Balaban J connectivity index is 3.13. The molecule has 118 valence electrons. The number of methoxy groups -OCH3 is 1. The summed E-state index contributed by atoms with van der Waals surface area (Å²) < 4.78 is 31.4. The predicted molar refractivity (Wildman–Crippen MR) is 80.0 cm³/mol. The minimum absolute atomic E-state index is 0.227. The first kappa shape index (κ1) is 17.3. The standard InChI is InChI=1S/C13H20N2O5S/c1-9(13(16)17)21(18,19)14-11-7-10(8-15(2)3)5-6-12(11)20-4/h5-7,9,14H,8H2,1-4H3,(H,16,17). The maximum absolute atomic E-state index is 12.0. The van der Waals surface area contributed by atoms with Crippen LogP contribution < -0.4 is 9.46 Å². The fourth-order valence-electron chi connectivity index (χ4n) is 1.67. The van der Waals surface area contributed by atoms with Crippen LogP contribution in [0.1, 0.15) is 12.5 Å². The Morgan fingerprint density at radius 2 is 2.05 bits per heavy atom. The Bertz CT molecular complexity index is 613. The Morgan fingerprint density at radius 1 is 1.43 bits per heavy atom. The summed E-state index contributed by atoms with van der Waals surface area (Å²) in [4.78, 5) is 12.8. The molecule has 0 aromatic heterocycles. The van der Waals surface area contributed by atoms with Crippen LogP contribution in [0.2, 0.25) is 0 Å². The van der Waals surface area contributed by atoms with Crippen molar-refractivity contribution < 1.29 is 23.1 Å². The molecule has 0 spiro atoms. The number of hydrogen-bond donors (Lipinski definition) is 2. The van der Waals surface area contributed by atoms with Gasteiger partial charge in [-0.3, -0.25) is 9.52 Å². The summed E-state index contributed by atoms with van der Waals surface area (Å²) in [6.07, 6.45) is 0. The van der Waals surface area contributed by atoms with Crippen LogP contribution in [0.25, 0.3) is 0 Å². The molecule has 0 aliphatic heterocycles. The number of carboxylic acids is 1. The van der Waals surface area contributed by atoms with Crippen LogP contribution in [0, 0.1) is 0 Å². The Hall–Kier alpha value is -1.80. The van der Waals surface area contributed by atoms with Gasteiger partial charge in [0, 0.05) is 6.54 Å². The first-order valence-corrected chi connectivity index (χ1v) is 7.78. The summed E-state index contributed by atoms with van der Waals surface area (Å²) in [5, 5.41) is 7.28. The highest BCUT2D eigenvalue weighted by atomic mass is 32.2. The average molecular weight is 316 g/mol. The zero-order valence-electron chi connectivity index (χ0n) is 12.5. The quantitative estimate of drug-likeness (QED) is 0.778. The molecule has 0 radical (unpaired) electrons. The predicted octanol–water partition coefficient (Wildman–Crippen LogP) is 0.972. The van der Waals surface area contributed by atoms with Gasteiger partial charge in [-0.25, -0.2) is 8.42 Å². The number of aliphatic carboxylic acids is 1. The van der Waals surface area contributed by atoms with Gasteiger partial charge in [0.2, 0.25) is 10.0 Å². The molecule has 0 aliphatic rings. The third-order valence-electron chi connectivity index (χ3n) is 2.83. The maximum atomic E-state index is 12.0. The highest BCUT2D eigenvalue weighted by Crippen LogP contribution is 2.27. The molecule has 1 aromatic carbocycles. The Morgan fingerprint density at radius 3 is 2.52 bits per heavy atom. The highest BCUT2D eigenvalue weighted by molar-refractivity contribution is 7.94. The molecule has 1 rings (SSSR count). The lowest BCUT2D eigenvalue weighted by atomic mass is 10.2. The molecule has 0 bridgehead atoms.